The highest BCUT2D eigenvalue weighted by Gasteiger charge is 2.14. The Morgan fingerprint density at radius 1 is 1.30 bits per heavy atom. The quantitative estimate of drug-likeness (QED) is 0.258. The maximum absolute atomic E-state index is 10.4. The molecule has 7 nitrogen and oxygen atoms in total. The molecule has 58 valence electrons. The third-order valence-corrected chi connectivity index (χ3v) is 1.00. The summed E-state index contributed by atoms with van der Waals surface area (Å²) >= 11 is 5.07. The summed E-state index contributed by atoms with van der Waals surface area (Å²) in [6.07, 6.45) is 0. The Kier molecular flexibility index (Phi) is 2.38. The Morgan fingerprint density at radius 3 is 2.20 bits per heavy atom. The van der Waals surface area contributed by atoms with Crippen LogP contribution >= 0.6 is 11.6 Å². The first kappa shape index (κ1) is 7.66. The number of rotatable bonds is 0. The summed E-state index contributed by atoms with van der Waals surface area (Å²) < 4.78 is 0. The lowest BCUT2D eigenvalue weighted by molar-refractivity contribution is -0.0730. The van der Waals surface area contributed by atoms with Gasteiger partial charge in [-0.25, -0.2) is 0 Å². The predicted octanol–water partition coefficient (Wildman–Crippen LogP) is -1.56. The molecule has 0 atom stereocenters. The van der Waals surface area contributed by atoms with Crippen LogP contribution in [0.4, 0.5) is 4.79 Å². The second-order valence-corrected chi connectivity index (χ2v) is 1.92. The van der Waals surface area contributed by atoms with Crippen molar-refractivity contribution in [2.45, 2.75) is 0 Å². The molecule has 1 aliphatic heterocycles. The Hall–Kier alpha value is -0.440. The zero-order valence-corrected chi connectivity index (χ0v) is 5.94. The van der Waals surface area contributed by atoms with E-state index in [-0.39, 0.29) is 0 Å². The Morgan fingerprint density at radius 2 is 1.80 bits per heavy atom. The van der Waals surface area contributed by atoms with E-state index in [9.17, 15) is 4.79 Å². The standard InChI is InChI=1S/C2H7ClN6O/c1-8-4-6-9(2(3)10)7-5-8/h4-7H,1H3. The van der Waals surface area contributed by atoms with Crippen LogP contribution in [0.1, 0.15) is 0 Å². The van der Waals surface area contributed by atoms with Crippen LogP contribution in [0.3, 0.4) is 0 Å². The molecule has 10 heavy (non-hydrogen) atoms. The first-order valence-electron chi connectivity index (χ1n) is 2.46. The smallest absolute Gasteiger partial charge is 0.252 e. The van der Waals surface area contributed by atoms with E-state index < -0.39 is 5.37 Å². The molecule has 0 spiro atoms. The lowest BCUT2D eigenvalue weighted by Crippen LogP contribution is -2.73. The molecule has 0 aromatic carbocycles. The first-order valence-corrected chi connectivity index (χ1v) is 2.84. The molecule has 1 aliphatic rings. The molecule has 0 aromatic heterocycles. The summed E-state index contributed by atoms with van der Waals surface area (Å²) in [6.45, 7) is 0. The van der Waals surface area contributed by atoms with E-state index in [0.29, 0.717) is 0 Å². The maximum atomic E-state index is 10.4. The molecule has 0 unspecified atom stereocenters. The third kappa shape index (κ3) is 1.77. The second-order valence-electron chi connectivity index (χ2n) is 1.59. The number of nitrogens with one attached hydrogen (secondary N) is 4. The molecule has 0 aliphatic carbocycles. The topological polar surface area (TPSA) is 71.7 Å². The number of amides is 1. The molecule has 1 heterocycles. The Labute approximate surface area is 62.1 Å². The molecule has 0 bridgehead atoms. The molecule has 1 fully saturated rings. The van der Waals surface area contributed by atoms with Crippen molar-refractivity contribution >= 4 is 17.0 Å². The number of carbonyl (C=O) groups excluding carboxylic acids is 1. The largest absolute Gasteiger partial charge is 0.347 e. The van der Waals surface area contributed by atoms with E-state index in [1.54, 1.807) is 7.05 Å². The van der Waals surface area contributed by atoms with E-state index in [1.165, 1.54) is 5.12 Å². The molecule has 0 saturated carbocycles. The number of nitrogens with zero attached hydrogens (tertiary/aromatic N) is 2. The minimum absolute atomic E-state index is 0.673. The number of hydrogen-bond acceptors (Lipinski definition) is 6. The van der Waals surface area contributed by atoms with Gasteiger partial charge in [-0.1, -0.05) is 0 Å². The van der Waals surface area contributed by atoms with Crippen molar-refractivity contribution in [2.24, 2.45) is 0 Å². The fraction of sp³-hybridized carbons (Fsp3) is 0.500. The molecule has 0 aromatic rings. The van der Waals surface area contributed by atoms with Gasteiger partial charge in [-0.2, -0.15) is 21.3 Å². The number of halogens is 1. The first-order chi connectivity index (χ1) is 4.70. The van der Waals surface area contributed by atoms with Crippen molar-refractivity contribution in [3.8, 4) is 0 Å². The summed E-state index contributed by atoms with van der Waals surface area (Å²) in [7, 11) is 1.69. The van der Waals surface area contributed by atoms with Gasteiger partial charge in [0, 0.05) is 7.05 Å². The Balaban J connectivity index is 2.33. The molecular formula is C2H7ClN6O. The van der Waals surface area contributed by atoms with Gasteiger partial charge in [0.05, 0.1) is 0 Å². The van der Waals surface area contributed by atoms with Gasteiger partial charge in [0.2, 0.25) is 0 Å². The SMILES string of the molecule is CN1NNN(C(=O)Cl)NN1. The third-order valence-electron chi connectivity index (χ3n) is 0.835. The summed E-state index contributed by atoms with van der Waals surface area (Å²) in [6, 6.07) is 0. The van der Waals surface area contributed by atoms with E-state index in [0.717, 1.165) is 5.12 Å². The zero-order chi connectivity index (χ0) is 7.56. The number of hydrazine groups is 6. The fourth-order valence-corrected chi connectivity index (χ4v) is 0.478. The molecule has 8 heteroatoms. The van der Waals surface area contributed by atoms with Gasteiger partial charge in [-0.3, -0.25) is 4.79 Å². The van der Waals surface area contributed by atoms with Crippen molar-refractivity contribution < 1.29 is 4.79 Å². The van der Waals surface area contributed by atoms with Crippen LogP contribution in [0.2, 0.25) is 0 Å². The summed E-state index contributed by atoms with van der Waals surface area (Å²) in [5.74, 6) is 0. The highest BCUT2D eigenvalue weighted by Crippen LogP contribution is 1.86. The average molecular weight is 167 g/mol. The molecule has 1 amide bonds. The van der Waals surface area contributed by atoms with Crippen LogP contribution in [-0.4, -0.2) is 22.6 Å². The number of carbonyl (C=O) groups is 1. The lowest BCUT2D eigenvalue weighted by atomic mass is 11.3. The molecule has 4 N–H and O–H groups in total. The average Bonchev–Trinajstić information content (AvgIpc) is 1.88. The van der Waals surface area contributed by atoms with Gasteiger partial charge in [0.1, 0.15) is 0 Å². The van der Waals surface area contributed by atoms with E-state index in [1.807, 2.05) is 0 Å². The molecular weight excluding hydrogens is 160 g/mol. The van der Waals surface area contributed by atoms with Gasteiger partial charge in [0.25, 0.3) is 0 Å². The number of hydrogen-bond donors (Lipinski definition) is 4. The minimum Gasteiger partial charge on any atom is -0.252 e. The van der Waals surface area contributed by atoms with Crippen LogP contribution < -0.4 is 22.1 Å². The highest BCUT2D eigenvalue weighted by atomic mass is 35.5. The van der Waals surface area contributed by atoms with Crippen LogP contribution in [0, 0.1) is 0 Å². The van der Waals surface area contributed by atoms with Crippen LogP contribution in [0.15, 0.2) is 0 Å². The van der Waals surface area contributed by atoms with Gasteiger partial charge >= 0.3 is 5.37 Å². The van der Waals surface area contributed by atoms with E-state index >= 15 is 0 Å². The fourth-order valence-electron chi connectivity index (χ4n) is 0.394. The van der Waals surface area contributed by atoms with Crippen LogP contribution in [0.5, 0.6) is 0 Å². The monoisotopic (exact) mass is 166 g/mol. The molecule has 0 radical (unpaired) electrons. The van der Waals surface area contributed by atoms with Gasteiger partial charge in [-0.05, 0) is 11.6 Å². The Bertz CT molecular complexity index is 132. The van der Waals surface area contributed by atoms with Crippen molar-refractivity contribution in [1.29, 1.82) is 0 Å². The molecule has 1 rings (SSSR count). The van der Waals surface area contributed by atoms with E-state index in [4.69, 9.17) is 11.6 Å². The van der Waals surface area contributed by atoms with Gasteiger partial charge in [0.15, 0.2) is 0 Å². The summed E-state index contributed by atoms with van der Waals surface area (Å²) in [5, 5.41) is 1.71. The van der Waals surface area contributed by atoms with Gasteiger partial charge < -0.3 is 0 Å². The normalized spacial score (nSPS) is 21.2. The predicted molar refractivity (Wildman–Crippen MR) is 33.4 cm³/mol. The van der Waals surface area contributed by atoms with Crippen molar-refractivity contribution in [1.82, 2.24) is 32.4 Å². The lowest BCUT2D eigenvalue weighted by Gasteiger charge is -2.32. The van der Waals surface area contributed by atoms with Crippen LogP contribution in [0.25, 0.3) is 0 Å². The van der Waals surface area contributed by atoms with E-state index in [2.05, 4.69) is 22.1 Å². The van der Waals surface area contributed by atoms with Gasteiger partial charge in [-0.15, -0.1) is 11.1 Å². The van der Waals surface area contributed by atoms with Crippen molar-refractivity contribution in [3.63, 3.8) is 0 Å². The van der Waals surface area contributed by atoms with Crippen molar-refractivity contribution in [3.05, 3.63) is 0 Å². The maximum Gasteiger partial charge on any atom is 0.347 e. The van der Waals surface area contributed by atoms with Crippen molar-refractivity contribution in [2.75, 3.05) is 7.05 Å². The molecule has 1 saturated heterocycles. The highest BCUT2D eigenvalue weighted by molar-refractivity contribution is 6.62. The summed E-state index contributed by atoms with van der Waals surface area (Å²) in [5.41, 5.74) is 9.93. The second kappa shape index (κ2) is 3.10. The van der Waals surface area contributed by atoms with Crippen LogP contribution in [-0.2, 0) is 0 Å². The minimum atomic E-state index is -0.673. The zero-order valence-electron chi connectivity index (χ0n) is 5.18. The summed E-state index contributed by atoms with van der Waals surface area (Å²) in [4.78, 5) is 10.4.